The summed E-state index contributed by atoms with van der Waals surface area (Å²) in [6.45, 7) is 0.531. The summed E-state index contributed by atoms with van der Waals surface area (Å²) >= 11 is 0. The monoisotopic (exact) mass is 317 g/mol. The van der Waals surface area contributed by atoms with Crippen molar-refractivity contribution < 1.29 is 4.74 Å². The molecule has 1 N–H and O–H groups in total. The molecular formula is C19H15N3O2. The molecule has 0 saturated heterocycles. The lowest BCUT2D eigenvalue weighted by atomic mass is 10.2. The molecule has 2 heterocycles. The van der Waals surface area contributed by atoms with E-state index in [9.17, 15) is 4.79 Å². The van der Waals surface area contributed by atoms with Gasteiger partial charge in [-0.15, -0.1) is 0 Å². The van der Waals surface area contributed by atoms with Gasteiger partial charge in [-0.05, 0) is 35.9 Å². The van der Waals surface area contributed by atoms with Crippen molar-refractivity contribution in [2.45, 2.75) is 6.61 Å². The van der Waals surface area contributed by atoms with Gasteiger partial charge in [0.25, 0.3) is 5.56 Å². The van der Waals surface area contributed by atoms with Gasteiger partial charge in [-0.25, -0.2) is 4.98 Å². The van der Waals surface area contributed by atoms with E-state index in [1.54, 1.807) is 6.07 Å². The Labute approximate surface area is 138 Å². The fourth-order valence-corrected chi connectivity index (χ4v) is 2.61. The second-order valence-electron chi connectivity index (χ2n) is 5.42. The summed E-state index contributed by atoms with van der Waals surface area (Å²) in [5.74, 6) is 0.796. The predicted molar refractivity (Wildman–Crippen MR) is 92.5 cm³/mol. The number of hydrogen-bond donors (Lipinski definition) is 1. The lowest BCUT2D eigenvalue weighted by molar-refractivity contribution is 0.306. The zero-order valence-corrected chi connectivity index (χ0v) is 12.8. The Bertz CT molecular complexity index is 1020. The van der Waals surface area contributed by atoms with Gasteiger partial charge in [0, 0.05) is 11.9 Å². The molecule has 0 bridgehead atoms. The van der Waals surface area contributed by atoms with Crippen LogP contribution >= 0.6 is 0 Å². The molecular weight excluding hydrogens is 302 g/mol. The maximum atomic E-state index is 11.8. The Balaban J connectivity index is 1.57. The molecule has 4 aromatic rings. The first-order valence-corrected chi connectivity index (χ1v) is 7.63. The second kappa shape index (κ2) is 6.04. The van der Waals surface area contributed by atoms with E-state index in [1.165, 1.54) is 6.33 Å². The number of H-pyrrole nitrogens is 1. The molecule has 0 aliphatic carbocycles. The smallest absolute Gasteiger partial charge is 0.260 e. The SMILES string of the molecule is O=c1[nH]cnc2c1ccn2-c1ccc(OCc2ccccc2)cc1. The van der Waals surface area contributed by atoms with Crippen LogP contribution in [0, 0.1) is 0 Å². The van der Waals surface area contributed by atoms with Gasteiger partial charge < -0.3 is 14.3 Å². The average molecular weight is 317 g/mol. The number of fused-ring (bicyclic) bond motifs is 1. The van der Waals surface area contributed by atoms with E-state index in [1.807, 2.05) is 65.4 Å². The van der Waals surface area contributed by atoms with Crippen LogP contribution in [0.3, 0.4) is 0 Å². The molecule has 0 aliphatic rings. The van der Waals surface area contributed by atoms with Crippen molar-refractivity contribution in [3.8, 4) is 11.4 Å². The highest BCUT2D eigenvalue weighted by atomic mass is 16.5. The molecule has 0 atom stereocenters. The third-order valence-electron chi connectivity index (χ3n) is 3.85. The zero-order chi connectivity index (χ0) is 16.4. The number of aromatic nitrogens is 3. The van der Waals surface area contributed by atoms with Gasteiger partial charge in [-0.2, -0.15) is 0 Å². The van der Waals surface area contributed by atoms with Crippen molar-refractivity contribution in [2.24, 2.45) is 0 Å². The lowest BCUT2D eigenvalue weighted by Crippen LogP contribution is -2.06. The molecule has 0 aliphatic heterocycles. The van der Waals surface area contributed by atoms with E-state index in [2.05, 4.69) is 9.97 Å². The molecule has 0 fully saturated rings. The van der Waals surface area contributed by atoms with Crippen LogP contribution in [0.5, 0.6) is 5.75 Å². The molecule has 5 nitrogen and oxygen atoms in total. The summed E-state index contributed by atoms with van der Waals surface area (Å²) < 4.78 is 7.67. The molecule has 2 aromatic heterocycles. The molecule has 0 unspecified atom stereocenters. The Morgan fingerprint density at radius 3 is 2.58 bits per heavy atom. The van der Waals surface area contributed by atoms with Gasteiger partial charge >= 0.3 is 0 Å². The average Bonchev–Trinajstić information content (AvgIpc) is 3.07. The number of rotatable bonds is 4. The number of nitrogens with zero attached hydrogens (tertiary/aromatic N) is 2. The molecule has 5 heteroatoms. The Hall–Kier alpha value is -3.34. The second-order valence-corrected chi connectivity index (χ2v) is 5.42. The van der Waals surface area contributed by atoms with Gasteiger partial charge in [0.2, 0.25) is 0 Å². The highest BCUT2D eigenvalue weighted by molar-refractivity contribution is 5.76. The Kier molecular flexibility index (Phi) is 3.59. The first kappa shape index (κ1) is 14.3. The van der Waals surface area contributed by atoms with Gasteiger partial charge in [0.15, 0.2) is 5.65 Å². The van der Waals surface area contributed by atoms with Crippen LogP contribution < -0.4 is 10.3 Å². The van der Waals surface area contributed by atoms with Crippen LogP contribution in [0.25, 0.3) is 16.7 Å². The van der Waals surface area contributed by atoms with Gasteiger partial charge in [0.05, 0.1) is 11.7 Å². The van der Waals surface area contributed by atoms with E-state index in [-0.39, 0.29) is 5.56 Å². The molecule has 0 spiro atoms. The Morgan fingerprint density at radius 1 is 1.00 bits per heavy atom. The molecule has 0 radical (unpaired) electrons. The summed E-state index contributed by atoms with van der Waals surface area (Å²) in [6, 6.07) is 19.5. The van der Waals surface area contributed by atoms with E-state index >= 15 is 0 Å². The first-order valence-electron chi connectivity index (χ1n) is 7.63. The largest absolute Gasteiger partial charge is 0.489 e. The van der Waals surface area contributed by atoms with Crippen molar-refractivity contribution >= 4 is 11.0 Å². The third-order valence-corrected chi connectivity index (χ3v) is 3.85. The van der Waals surface area contributed by atoms with Crippen LogP contribution in [0.4, 0.5) is 0 Å². The number of aromatic amines is 1. The number of ether oxygens (including phenoxy) is 1. The maximum Gasteiger partial charge on any atom is 0.260 e. The summed E-state index contributed by atoms with van der Waals surface area (Å²) in [7, 11) is 0. The Morgan fingerprint density at radius 2 is 1.79 bits per heavy atom. The maximum absolute atomic E-state index is 11.8. The van der Waals surface area contributed by atoms with Crippen LogP contribution in [0.2, 0.25) is 0 Å². The fourth-order valence-electron chi connectivity index (χ4n) is 2.61. The van der Waals surface area contributed by atoms with Crippen LogP contribution in [-0.2, 0) is 6.61 Å². The van der Waals surface area contributed by atoms with E-state index in [0.29, 0.717) is 17.6 Å². The molecule has 0 amide bonds. The standard InChI is InChI=1S/C19H15N3O2/c23-19-17-10-11-22(18(17)20-13-21-19)15-6-8-16(9-7-15)24-12-14-4-2-1-3-5-14/h1-11,13H,12H2,(H,20,21,23). The molecule has 118 valence electrons. The van der Waals surface area contributed by atoms with Crippen molar-refractivity contribution in [2.75, 3.05) is 0 Å². The third kappa shape index (κ3) is 2.67. The van der Waals surface area contributed by atoms with Crippen LogP contribution in [0.1, 0.15) is 5.56 Å². The van der Waals surface area contributed by atoms with Crippen molar-refractivity contribution in [1.82, 2.24) is 14.5 Å². The summed E-state index contributed by atoms with van der Waals surface area (Å²) in [6.07, 6.45) is 3.26. The van der Waals surface area contributed by atoms with Gasteiger partial charge in [0.1, 0.15) is 12.4 Å². The molecule has 2 aromatic carbocycles. The highest BCUT2D eigenvalue weighted by Gasteiger charge is 2.07. The zero-order valence-electron chi connectivity index (χ0n) is 12.8. The topological polar surface area (TPSA) is 59.9 Å². The van der Waals surface area contributed by atoms with Crippen molar-refractivity contribution in [1.29, 1.82) is 0 Å². The van der Waals surface area contributed by atoms with E-state index in [0.717, 1.165) is 17.0 Å². The van der Waals surface area contributed by atoms with E-state index < -0.39 is 0 Å². The van der Waals surface area contributed by atoms with Gasteiger partial charge in [-0.1, -0.05) is 30.3 Å². The number of hydrogen-bond acceptors (Lipinski definition) is 3. The summed E-state index contributed by atoms with van der Waals surface area (Å²) in [4.78, 5) is 18.6. The normalized spacial score (nSPS) is 10.8. The minimum Gasteiger partial charge on any atom is -0.489 e. The fraction of sp³-hybridized carbons (Fsp3) is 0.0526. The predicted octanol–water partition coefficient (Wildman–Crippen LogP) is 3.29. The number of benzene rings is 2. The lowest BCUT2D eigenvalue weighted by Gasteiger charge is -2.08. The molecule has 24 heavy (non-hydrogen) atoms. The molecule has 4 rings (SSSR count). The first-order chi connectivity index (χ1) is 11.8. The van der Waals surface area contributed by atoms with Crippen molar-refractivity contribution in [3.05, 3.63) is 89.1 Å². The quantitative estimate of drug-likeness (QED) is 0.628. The van der Waals surface area contributed by atoms with Crippen LogP contribution in [0.15, 0.2) is 78.0 Å². The van der Waals surface area contributed by atoms with E-state index in [4.69, 9.17) is 4.74 Å². The van der Waals surface area contributed by atoms with Crippen LogP contribution in [-0.4, -0.2) is 14.5 Å². The summed E-state index contributed by atoms with van der Waals surface area (Å²) in [5, 5.41) is 0.571. The molecule has 0 saturated carbocycles. The van der Waals surface area contributed by atoms with Crippen molar-refractivity contribution in [3.63, 3.8) is 0 Å². The minimum absolute atomic E-state index is 0.137. The highest BCUT2D eigenvalue weighted by Crippen LogP contribution is 2.20. The minimum atomic E-state index is -0.137. The number of nitrogens with one attached hydrogen (secondary N) is 1. The summed E-state index contributed by atoms with van der Waals surface area (Å²) in [5.41, 5.74) is 2.55. The van der Waals surface area contributed by atoms with Gasteiger partial charge in [-0.3, -0.25) is 4.79 Å².